The minimum atomic E-state index is -4.59. The number of nitrogens with one attached hydrogen (secondary N) is 2. The van der Waals surface area contributed by atoms with E-state index in [9.17, 15) is 18.0 Å². The van der Waals surface area contributed by atoms with Gasteiger partial charge in [0.1, 0.15) is 22.1 Å². The summed E-state index contributed by atoms with van der Waals surface area (Å²) in [6, 6.07) is 13.6. The van der Waals surface area contributed by atoms with Gasteiger partial charge in [-0.2, -0.15) is 13.2 Å². The minimum absolute atomic E-state index is 0.300. The lowest BCUT2D eigenvalue weighted by Crippen LogP contribution is -2.21. The van der Waals surface area contributed by atoms with Crippen molar-refractivity contribution in [3.8, 4) is 0 Å². The zero-order valence-electron chi connectivity index (χ0n) is 15.2. The highest BCUT2D eigenvalue weighted by Crippen LogP contribution is 2.39. The molecule has 1 atom stereocenters. The van der Waals surface area contributed by atoms with Gasteiger partial charge in [0.15, 0.2) is 5.65 Å². The number of anilines is 1. The Morgan fingerprint density at radius 2 is 1.73 bits per heavy atom. The number of carbonyl (C=O) groups excluding carboxylic acids is 1. The number of imidazole rings is 1. The highest BCUT2D eigenvalue weighted by molar-refractivity contribution is 8.00. The van der Waals surface area contributed by atoms with E-state index in [0.717, 1.165) is 17.8 Å². The molecule has 0 fully saturated rings. The lowest BCUT2D eigenvalue weighted by atomic mass is 10.1. The number of H-pyrrole nitrogens is 1. The van der Waals surface area contributed by atoms with Crippen LogP contribution < -0.4 is 5.32 Å². The van der Waals surface area contributed by atoms with Gasteiger partial charge in [-0.15, -0.1) is 0 Å². The molecule has 0 aliphatic carbocycles. The molecule has 152 valence electrons. The summed E-state index contributed by atoms with van der Waals surface area (Å²) >= 11 is 1.10. The number of amides is 1. The maximum atomic E-state index is 13.3. The number of halogens is 3. The third-order valence-corrected chi connectivity index (χ3v) is 5.50. The molecule has 4 rings (SSSR count). The van der Waals surface area contributed by atoms with E-state index in [1.54, 1.807) is 30.3 Å². The lowest BCUT2D eigenvalue weighted by Gasteiger charge is -2.19. The van der Waals surface area contributed by atoms with Crippen LogP contribution in [-0.2, 0) is 11.0 Å². The van der Waals surface area contributed by atoms with Crippen molar-refractivity contribution in [2.75, 3.05) is 5.32 Å². The standard InChI is InChI=1S/C20H14F3N5OS/c21-20(22,23)13-8-4-5-9-14(13)28-18(29)16(12-6-2-1-3-7-12)30-19-15-17(25-10-24-15)26-11-27-19/h1-11,16H,(H,28,29)(H,24,25,26,27)/t16-/m1/s1. The van der Waals surface area contributed by atoms with Crippen LogP contribution in [0.5, 0.6) is 0 Å². The second-order valence-corrected chi connectivity index (χ2v) is 7.31. The average molecular weight is 429 g/mol. The predicted molar refractivity (Wildman–Crippen MR) is 107 cm³/mol. The quantitative estimate of drug-likeness (QED) is 0.350. The highest BCUT2D eigenvalue weighted by atomic mass is 32.2. The van der Waals surface area contributed by atoms with Gasteiger partial charge in [0.05, 0.1) is 17.6 Å². The Bertz CT molecular complexity index is 1180. The number of nitrogens with zero attached hydrogens (tertiary/aromatic N) is 3. The number of thioether (sulfide) groups is 1. The van der Waals surface area contributed by atoms with Crippen LogP contribution >= 0.6 is 11.8 Å². The van der Waals surface area contributed by atoms with Crippen molar-refractivity contribution in [2.24, 2.45) is 0 Å². The first-order valence-corrected chi connectivity index (χ1v) is 9.64. The summed E-state index contributed by atoms with van der Waals surface area (Å²) in [7, 11) is 0. The van der Waals surface area contributed by atoms with Gasteiger partial charge >= 0.3 is 6.18 Å². The molecule has 2 N–H and O–H groups in total. The van der Waals surface area contributed by atoms with Crippen LogP contribution in [0.25, 0.3) is 11.2 Å². The van der Waals surface area contributed by atoms with Crippen molar-refractivity contribution >= 4 is 34.5 Å². The minimum Gasteiger partial charge on any atom is -0.341 e. The molecule has 0 unspecified atom stereocenters. The van der Waals surface area contributed by atoms with Crippen LogP contribution in [0.15, 0.2) is 72.3 Å². The largest absolute Gasteiger partial charge is 0.418 e. The Morgan fingerprint density at radius 3 is 2.50 bits per heavy atom. The van der Waals surface area contributed by atoms with Gasteiger partial charge in [-0.25, -0.2) is 15.0 Å². The molecule has 2 heterocycles. The first-order valence-electron chi connectivity index (χ1n) is 8.76. The zero-order valence-corrected chi connectivity index (χ0v) is 16.0. The number of fused-ring (bicyclic) bond motifs is 1. The first kappa shape index (κ1) is 19.9. The maximum Gasteiger partial charge on any atom is 0.418 e. The van der Waals surface area contributed by atoms with Gasteiger partial charge < -0.3 is 10.3 Å². The van der Waals surface area contributed by atoms with Crippen LogP contribution in [0, 0.1) is 0 Å². The number of alkyl halides is 3. The Balaban J connectivity index is 1.69. The average Bonchev–Trinajstić information content (AvgIpc) is 3.22. The molecule has 0 aliphatic rings. The van der Waals surface area contributed by atoms with Crippen LogP contribution in [0.4, 0.5) is 18.9 Å². The fourth-order valence-corrected chi connectivity index (χ4v) is 3.94. The molecule has 2 aromatic heterocycles. The number of aromatic nitrogens is 4. The molecule has 0 saturated carbocycles. The molecule has 0 spiro atoms. The van der Waals surface area contributed by atoms with Gasteiger partial charge in [0.2, 0.25) is 5.91 Å². The normalized spacial score (nSPS) is 12.6. The van der Waals surface area contributed by atoms with E-state index in [-0.39, 0.29) is 5.69 Å². The van der Waals surface area contributed by atoms with Crippen molar-refractivity contribution in [3.63, 3.8) is 0 Å². The summed E-state index contributed by atoms with van der Waals surface area (Å²) in [5.74, 6) is -0.603. The van der Waals surface area contributed by atoms with Crippen molar-refractivity contribution in [1.82, 2.24) is 19.9 Å². The molecule has 0 aliphatic heterocycles. The number of hydrogen-bond acceptors (Lipinski definition) is 5. The lowest BCUT2D eigenvalue weighted by molar-refractivity contribution is -0.137. The highest BCUT2D eigenvalue weighted by Gasteiger charge is 2.34. The smallest absolute Gasteiger partial charge is 0.341 e. The van der Waals surface area contributed by atoms with Gasteiger partial charge in [0, 0.05) is 0 Å². The molecule has 10 heteroatoms. The summed E-state index contributed by atoms with van der Waals surface area (Å²) < 4.78 is 40.0. The van der Waals surface area contributed by atoms with Crippen molar-refractivity contribution < 1.29 is 18.0 Å². The van der Waals surface area contributed by atoms with Crippen molar-refractivity contribution in [1.29, 1.82) is 0 Å². The summed E-state index contributed by atoms with van der Waals surface area (Å²) in [6.07, 6.45) is -1.81. The Morgan fingerprint density at radius 1 is 1.00 bits per heavy atom. The van der Waals surface area contributed by atoms with E-state index >= 15 is 0 Å². The fourth-order valence-electron chi connectivity index (χ4n) is 2.88. The summed E-state index contributed by atoms with van der Waals surface area (Å²) in [5, 5.41) is 2.04. The van der Waals surface area contributed by atoms with E-state index in [1.165, 1.54) is 30.9 Å². The van der Waals surface area contributed by atoms with Gasteiger partial charge in [-0.1, -0.05) is 54.2 Å². The number of para-hydroxylation sites is 1. The zero-order chi connectivity index (χ0) is 21.1. The van der Waals surface area contributed by atoms with Crippen molar-refractivity contribution in [2.45, 2.75) is 16.5 Å². The van der Waals surface area contributed by atoms with Gasteiger partial charge in [0.25, 0.3) is 0 Å². The van der Waals surface area contributed by atoms with Crippen LogP contribution in [-0.4, -0.2) is 25.8 Å². The van der Waals surface area contributed by atoms with Crippen molar-refractivity contribution in [3.05, 3.63) is 78.4 Å². The Labute approximate surface area is 173 Å². The third-order valence-electron chi connectivity index (χ3n) is 4.25. The third kappa shape index (κ3) is 4.13. The van der Waals surface area contributed by atoms with Crippen LogP contribution in [0.2, 0.25) is 0 Å². The summed E-state index contributed by atoms with van der Waals surface area (Å²) in [6.45, 7) is 0. The van der Waals surface area contributed by atoms with E-state index in [1.807, 2.05) is 0 Å². The molecular formula is C20H14F3N5OS. The first-order chi connectivity index (χ1) is 14.4. The molecule has 30 heavy (non-hydrogen) atoms. The molecule has 2 aromatic carbocycles. The second-order valence-electron chi connectivity index (χ2n) is 6.22. The van der Waals surface area contributed by atoms with Crippen LogP contribution in [0.3, 0.4) is 0 Å². The van der Waals surface area contributed by atoms with Gasteiger partial charge in [-0.05, 0) is 17.7 Å². The van der Waals surface area contributed by atoms with E-state index in [4.69, 9.17) is 0 Å². The monoisotopic (exact) mass is 429 g/mol. The Hall–Kier alpha value is -3.40. The summed E-state index contributed by atoms with van der Waals surface area (Å²) in [5.41, 5.74) is 0.392. The Kier molecular flexibility index (Phi) is 5.40. The fraction of sp³-hybridized carbons (Fsp3) is 0.100. The molecular weight excluding hydrogens is 415 g/mol. The molecule has 6 nitrogen and oxygen atoms in total. The number of carbonyl (C=O) groups is 1. The predicted octanol–water partition coefficient (Wildman–Crippen LogP) is 4.84. The van der Waals surface area contributed by atoms with E-state index in [0.29, 0.717) is 21.8 Å². The number of rotatable bonds is 5. The van der Waals surface area contributed by atoms with E-state index in [2.05, 4.69) is 25.3 Å². The molecule has 4 aromatic rings. The maximum absolute atomic E-state index is 13.3. The van der Waals surface area contributed by atoms with Gasteiger partial charge in [-0.3, -0.25) is 4.79 Å². The topological polar surface area (TPSA) is 83.6 Å². The molecule has 1 amide bonds. The molecule has 0 radical (unpaired) electrons. The molecule has 0 bridgehead atoms. The second kappa shape index (κ2) is 8.15. The number of benzene rings is 2. The summed E-state index contributed by atoms with van der Waals surface area (Å²) in [4.78, 5) is 28.3. The number of aromatic amines is 1. The van der Waals surface area contributed by atoms with Crippen LogP contribution in [0.1, 0.15) is 16.4 Å². The SMILES string of the molecule is O=C(Nc1ccccc1C(F)(F)F)[C@H](Sc1ncnc2nc[nH]c12)c1ccccc1. The number of hydrogen-bond donors (Lipinski definition) is 2. The van der Waals surface area contributed by atoms with E-state index < -0.39 is 22.9 Å². The molecule has 0 saturated heterocycles.